The molecule has 2 aromatic carbocycles. The summed E-state index contributed by atoms with van der Waals surface area (Å²) in [5.74, 6) is -1.00. The highest BCUT2D eigenvalue weighted by Gasteiger charge is 2.46. The van der Waals surface area contributed by atoms with Gasteiger partial charge in [0.2, 0.25) is 21.8 Å². The Kier molecular flexibility index (Phi) is 10.6. The number of sulfonamides is 1. The summed E-state index contributed by atoms with van der Waals surface area (Å²) in [6.07, 6.45) is 6.73. The maximum atomic E-state index is 13.8. The molecule has 16 heteroatoms. The van der Waals surface area contributed by atoms with Crippen LogP contribution in [0, 0.1) is 24.8 Å². The van der Waals surface area contributed by atoms with Gasteiger partial charge < -0.3 is 19.5 Å². The summed E-state index contributed by atoms with van der Waals surface area (Å²) in [6.45, 7) is 18.3. The quantitative estimate of drug-likeness (QED) is 0.259. The van der Waals surface area contributed by atoms with Crippen molar-refractivity contribution in [2.24, 2.45) is 11.3 Å². The van der Waals surface area contributed by atoms with Gasteiger partial charge in [-0.2, -0.15) is 4.31 Å². The van der Waals surface area contributed by atoms with Crippen molar-refractivity contribution in [1.82, 2.24) is 24.4 Å². The minimum Gasteiger partial charge on any atom is -0.371 e. The van der Waals surface area contributed by atoms with Crippen LogP contribution < -0.4 is 20.0 Å². The Morgan fingerprint density at radius 1 is 0.767 bits per heavy atom. The largest absolute Gasteiger partial charge is 0.371 e. The number of nitrogens with zero attached hydrogens (tertiary/aromatic N) is 8. The lowest BCUT2D eigenvalue weighted by Crippen LogP contribution is -2.54. The van der Waals surface area contributed by atoms with Crippen LogP contribution in [0.1, 0.15) is 71.2 Å². The smallest absolute Gasteiger partial charge is 0.272 e. The molecule has 4 amide bonds. The number of amides is 4. The number of carbonyl (C=O) groups excluding carboxylic acids is 4. The van der Waals surface area contributed by atoms with E-state index in [-0.39, 0.29) is 18.3 Å². The lowest BCUT2D eigenvalue weighted by Gasteiger charge is -2.40. The van der Waals surface area contributed by atoms with Gasteiger partial charge in [0.05, 0.1) is 21.7 Å². The summed E-state index contributed by atoms with van der Waals surface area (Å²) < 4.78 is 29.3. The second-order valence-corrected chi connectivity index (χ2v) is 19.3. The zero-order valence-corrected chi connectivity index (χ0v) is 34.8. The number of hydrogen-bond donors (Lipinski definition) is 1. The highest BCUT2D eigenvalue weighted by Crippen LogP contribution is 2.43. The van der Waals surface area contributed by atoms with Gasteiger partial charge in [-0.25, -0.2) is 8.42 Å². The number of anilines is 3. The van der Waals surface area contributed by atoms with Gasteiger partial charge in [-0.3, -0.25) is 34.3 Å². The van der Waals surface area contributed by atoms with E-state index in [1.807, 2.05) is 31.2 Å². The Morgan fingerprint density at radius 3 is 2.10 bits per heavy atom. The van der Waals surface area contributed by atoms with Gasteiger partial charge >= 0.3 is 0 Å². The molecule has 60 heavy (non-hydrogen) atoms. The van der Waals surface area contributed by atoms with E-state index in [4.69, 9.17) is 6.57 Å². The SMILES string of the molecule is [C-]#[N+]c1ncc(N2CCC3(CC2)CCN(S(=O)(=O)c2ccc(N4CCN(CC5CCN(c6ccc7c(c6)C(=O)N(C6CCC(=O)NC6=O)C7=O)CC5)CC4)cc2)C3)cc1C. The van der Waals surface area contributed by atoms with E-state index in [1.54, 1.807) is 34.8 Å². The molecule has 15 nitrogen and oxygen atoms in total. The number of imide groups is 2. The summed E-state index contributed by atoms with van der Waals surface area (Å²) in [4.78, 5) is 69.1. The Labute approximate surface area is 351 Å². The molecule has 7 heterocycles. The maximum absolute atomic E-state index is 13.8. The Morgan fingerprint density at radius 2 is 1.42 bits per heavy atom. The van der Waals surface area contributed by atoms with Crippen LogP contribution in [0.3, 0.4) is 0 Å². The van der Waals surface area contributed by atoms with Crippen LogP contribution in [0.15, 0.2) is 59.6 Å². The third-order valence-corrected chi connectivity index (χ3v) is 15.7. The van der Waals surface area contributed by atoms with E-state index in [0.29, 0.717) is 40.8 Å². The predicted octanol–water partition coefficient (Wildman–Crippen LogP) is 4.06. The molecule has 1 aromatic heterocycles. The molecule has 1 atom stereocenters. The molecule has 1 unspecified atom stereocenters. The number of piperidine rings is 3. The van der Waals surface area contributed by atoms with Gasteiger partial charge in [0, 0.05) is 89.8 Å². The van der Waals surface area contributed by atoms with Gasteiger partial charge in [-0.1, -0.05) is 6.57 Å². The van der Waals surface area contributed by atoms with Crippen LogP contribution >= 0.6 is 0 Å². The number of rotatable bonds is 8. The number of aryl methyl sites for hydroxylation is 1. The summed E-state index contributed by atoms with van der Waals surface area (Å²) in [5, 5.41) is 2.24. The zero-order valence-electron chi connectivity index (χ0n) is 34.0. The minimum atomic E-state index is -3.61. The highest BCUT2D eigenvalue weighted by atomic mass is 32.2. The van der Waals surface area contributed by atoms with Crippen molar-refractivity contribution in [3.8, 4) is 0 Å². The fourth-order valence-electron chi connectivity index (χ4n) is 10.2. The molecule has 314 valence electrons. The Balaban J connectivity index is 0.728. The second kappa shape index (κ2) is 15.9. The molecule has 6 aliphatic heterocycles. The van der Waals surface area contributed by atoms with E-state index in [9.17, 15) is 27.6 Å². The molecule has 1 spiro atoms. The second-order valence-electron chi connectivity index (χ2n) is 17.4. The van der Waals surface area contributed by atoms with Gasteiger partial charge in [-0.15, -0.1) is 4.98 Å². The van der Waals surface area contributed by atoms with Crippen molar-refractivity contribution in [2.75, 3.05) is 86.7 Å². The van der Waals surface area contributed by atoms with Crippen LogP contribution in [0.2, 0.25) is 0 Å². The summed E-state index contributed by atoms with van der Waals surface area (Å²) in [7, 11) is -3.61. The van der Waals surface area contributed by atoms with E-state index < -0.39 is 39.7 Å². The number of carbonyl (C=O) groups is 4. The Hall–Kier alpha value is -5.37. The van der Waals surface area contributed by atoms with Crippen LogP contribution in [0.4, 0.5) is 22.9 Å². The fraction of sp³-hybridized carbons (Fsp3) is 0.500. The number of benzene rings is 2. The first-order chi connectivity index (χ1) is 28.9. The van der Waals surface area contributed by atoms with Gasteiger partial charge in [0.15, 0.2) is 0 Å². The normalized spacial score (nSPS) is 23.0. The predicted molar refractivity (Wildman–Crippen MR) is 226 cm³/mol. The first-order valence-electron chi connectivity index (χ1n) is 21.2. The average molecular weight is 834 g/mol. The molecule has 9 rings (SSSR count). The van der Waals surface area contributed by atoms with Crippen molar-refractivity contribution >= 4 is 56.5 Å². The van der Waals surface area contributed by atoms with Gasteiger partial charge in [-0.05, 0) is 111 Å². The molecular weight excluding hydrogens is 783 g/mol. The topological polar surface area (TPSA) is 151 Å². The van der Waals surface area contributed by atoms with Crippen LogP contribution in [-0.2, 0) is 19.6 Å². The zero-order chi connectivity index (χ0) is 41.8. The Bertz CT molecular complexity index is 2360. The third-order valence-electron chi connectivity index (χ3n) is 13.9. The first kappa shape index (κ1) is 40.1. The summed E-state index contributed by atoms with van der Waals surface area (Å²) >= 11 is 0. The van der Waals surface area contributed by atoms with Gasteiger partial charge in [0.1, 0.15) is 12.2 Å². The molecule has 5 saturated heterocycles. The first-order valence-corrected chi connectivity index (χ1v) is 22.6. The number of piperazine rings is 1. The molecule has 0 saturated carbocycles. The number of hydrogen-bond acceptors (Lipinski definition) is 11. The lowest BCUT2D eigenvalue weighted by atomic mass is 9.78. The number of nitrogens with one attached hydrogen (secondary N) is 1. The molecule has 0 radical (unpaired) electrons. The maximum Gasteiger partial charge on any atom is 0.272 e. The molecule has 5 fully saturated rings. The fourth-order valence-corrected chi connectivity index (χ4v) is 11.7. The van der Waals surface area contributed by atoms with Crippen molar-refractivity contribution in [1.29, 1.82) is 0 Å². The minimum absolute atomic E-state index is 0.0172. The number of aromatic nitrogens is 1. The lowest BCUT2D eigenvalue weighted by molar-refractivity contribution is -0.136. The van der Waals surface area contributed by atoms with Crippen molar-refractivity contribution in [2.45, 2.75) is 62.8 Å². The summed E-state index contributed by atoms with van der Waals surface area (Å²) in [5.41, 5.74) is 4.41. The molecule has 0 bridgehead atoms. The van der Waals surface area contributed by atoms with E-state index in [0.717, 1.165) is 119 Å². The van der Waals surface area contributed by atoms with Crippen LogP contribution in [-0.4, -0.2) is 129 Å². The van der Waals surface area contributed by atoms with Crippen molar-refractivity contribution in [3.05, 3.63) is 82.8 Å². The number of pyridine rings is 1. The molecule has 0 aliphatic carbocycles. The molecule has 3 aromatic rings. The van der Waals surface area contributed by atoms with Crippen molar-refractivity contribution in [3.63, 3.8) is 0 Å². The third kappa shape index (κ3) is 7.52. The average Bonchev–Trinajstić information content (AvgIpc) is 3.79. The van der Waals surface area contributed by atoms with E-state index in [1.165, 1.54) is 0 Å². The molecule has 6 aliphatic rings. The standard InChI is InChI=1S/C44H51N9O6S/c1-30-25-34(27-46-40(30)45-2)50-18-13-44(14-19-50)15-20-52(29-44)60(58,59)35-6-3-32(4-7-35)51-23-21-48(22-24-51)28-31-11-16-49(17-12-31)33-5-8-36-37(26-33)43(57)53(42(36)56)38-9-10-39(54)47-41(38)55/h3-8,25-27,31,38H,9-24,28-29H2,1H3,(H,47,54,55). The monoisotopic (exact) mass is 833 g/mol. The summed E-state index contributed by atoms with van der Waals surface area (Å²) in [6, 6.07) is 13.8. The van der Waals surface area contributed by atoms with E-state index in [2.05, 4.69) is 34.7 Å². The number of fused-ring (bicyclic) bond motifs is 1. The molecular formula is C44H51N9O6S. The molecule has 1 N–H and O–H groups in total. The van der Waals surface area contributed by atoms with Crippen LogP contribution in [0.25, 0.3) is 4.85 Å². The van der Waals surface area contributed by atoms with E-state index >= 15 is 0 Å². The van der Waals surface area contributed by atoms with Crippen molar-refractivity contribution < 1.29 is 27.6 Å². The highest BCUT2D eigenvalue weighted by molar-refractivity contribution is 7.89. The van der Waals surface area contributed by atoms with Crippen LogP contribution in [0.5, 0.6) is 0 Å². The van der Waals surface area contributed by atoms with Gasteiger partial charge in [0.25, 0.3) is 17.6 Å².